The minimum absolute atomic E-state index is 0.204. The Hall–Kier alpha value is -2.08. The second-order valence-electron chi connectivity index (χ2n) is 8.24. The summed E-state index contributed by atoms with van der Waals surface area (Å²) in [6, 6.07) is 15.5. The molecule has 154 valence electrons. The van der Waals surface area contributed by atoms with Gasteiger partial charge in [0, 0.05) is 43.3 Å². The highest BCUT2D eigenvalue weighted by atomic mass is 35.5. The van der Waals surface area contributed by atoms with Gasteiger partial charge in [-0.25, -0.2) is 0 Å². The van der Waals surface area contributed by atoms with Crippen LogP contribution in [0.3, 0.4) is 0 Å². The molecule has 0 spiro atoms. The first-order valence-electron chi connectivity index (χ1n) is 10.2. The molecule has 2 aliphatic rings. The van der Waals surface area contributed by atoms with Gasteiger partial charge in [0.25, 0.3) is 0 Å². The summed E-state index contributed by atoms with van der Waals surface area (Å²) in [5, 5.41) is 11.6. The molecule has 1 amide bonds. The van der Waals surface area contributed by atoms with Crippen molar-refractivity contribution in [3.05, 3.63) is 59.1 Å². The van der Waals surface area contributed by atoms with Crippen molar-refractivity contribution in [3.8, 4) is 5.75 Å². The smallest absolute Gasteiger partial charge is 0.227 e. The standard InChI is InChI=1S/C23H27ClN2O3/c1-23(28)16-25(13-11-21(23)29-20-5-2-4-18(24)14-20)15-17-7-9-19(10-8-17)26-12-3-6-22(26)27/h2,4-5,7-10,14,21,28H,3,6,11-13,15-16H2,1H3/t21-,23-/m0/s1. The molecule has 0 aliphatic carbocycles. The van der Waals surface area contributed by atoms with E-state index in [9.17, 15) is 9.90 Å². The quantitative estimate of drug-likeness (QED) is 0.806. The molecule has 0 aromatic heterocycles. The first-order chi connectivity index (χ1) is 13.9. The van der Waals surface area contributed by atoms with Gasteiger partial charge in [0.2, 0.25) is 5.91 Å². The molecule has 2 aromatic rings. The van der Waals surface area contributed by atoms with Crippen LogP contribution in [0.1, 0.15) is 31.7 Å². The maximum Gasteiger partial charge on any atom is 0.227 e. The van der Waals surface area contributed by atoms with Crippen LogP contribution in [0.25, 0.3) is 0 Å². The molecule has 2 aliphatic heterocycles. The van der Waals surface area contributed by atoms with Gasteiger partial charge in [-0.3, -0.25) is 9.69 Å². The van der Waals surface area contributed by atoms with E-state index in [0.29, 0.717) is 23.7 Å². The lowest BCUT2D eigenvalue weighted by atomic mass is 9.91. The molecule has 2 atom stereocenters. The van der Waals surface area contributed by atoms with Crippen LogP contribution in [0, 0.1) is 0 Å². The number of likely N-dealkylation sites (tertiary alicyclic amines) is 1. The fraction of sp³-hybridized carbons (Fsp3) is 0.435. The van der Waals surface area contributed by atoms with Crippen molar-refractivity contribution in [2.24, 2.45) is 0 Å². The van der Waals surface area contributed by atoms with E-state index < -0.39 is 5.60 Å². The van der Waals surface area contributed by atoms with E-state index in [2.05, 4.69) is 17.0 Å². The van der Waals surface area contributed by atoms with E-state index in [1.165, 1.54) is 5.56 Å². The van der Waals surface area contributed by atoms with Crippen molar-refractivity contribution in [3.63, 3.8) is 0 Å². The number of aliphatic hydroxyl groups is 1. The van der Waals surface area contributed by atoms with E-state index in [1.54, 1.807) is 12.1 Å². The van der Waals surface area contributed by atoms with Crippen molar-refractivity contribution >= 4 is 23.2 Å². The van der Waals surface area contributed by atoms with Crippen molar-refractivity contribution in [1.29, 1.82) is 0 Å². The van der Waals surface area contributed by atoms with Gasteiger partial charge >= 0.3 is 0 Å². The van der Waals surface area contributed by atoms with Gasteiger partial charge in [0.05, 0.1) is 0 Å². The van der Waals surface area contributed by atoms with E-state index in [-0.39, 0.29) is 12.0 Å². The summed E-state index contributed by atoms with van der Waals surface area (Å²) in [5.74, 6) is 0.888. The Morgan fingerprint density at radius 1 is 1.21 bits per heavy atom. The normalized spacial score (nSPS) is 25.4. The third kappa shape index (κ3) is 4.74. The van der Waals surface area contributed by atoms with Gasteiger partial charge in [0.1, 0.15) is 17.5 Å². The predicted octanol–water partition coefficient (Wildman–Crippen LogP) is 3.87. The predicted molar refractivity (Wildman–Crippen MR) is 114 cm³/mol. The topological polar surface area (TPSA) is 53.0 Å². The highest BCUT2D eigenvalue weighted by Gasteiger charge is 2.39. The van der Waals surface area contributed by atoms with Gasteiger partial charge in [-0.05, 0) is 55.7 Å². The number of rotatable bonds is 5. The Morgan fingerprint density at radius 2 is 2.00 bits per heavy atom. The first-order valence-corrected chi connectivity index (χ1v) is 10.5. The molecule has 2 heterocycles. The van der Waals surface area contributed by atoms with Crippen LogP contribution in [-0.4, -0.2) is 47.3 Å². The zero-order chi connectivity index (χ0) is 20.4. The third-order valence-corrected chi connectivity index (χ3v) is 5.98. The summed E-state index contributed by atoms with van der Waals surface area (Å²) < 4.78 is 6.03. The summed E-state index contributed by atoms with van der Waals surface area (Å²) in [6.45, 7) is 4.77. The summed E-state index contributed by atoms with van der Waals surface area (Å²) in [4.78, 5) is 16.0. The lowest BCUT2D eigenvalue weighted by molar-refractivity contribution is -0.117. The molecule has 29 heavy (non-hydrogen) atoms. The molecule has 2 saturated heterocycles. The van der Waals surface area contributed by atoms with E-state index >= 15 is 0 Å². The molecule has 6 heteroatoms. The number of amides is 1. The molecule has 2 aromatic carbocycles. The summed E-state index contributed by atoms with van der Waals surface area (Å²) in [5.41, 5.74) is 1.19. The maximum absolute atomic E-state index is 11.9. The Bertz CT molecular complexity index is 869. The van der Waals surface area contributed by atoms with Crippen molar-refractivity contribution < 1.29 is 14.6 Å². The average molecular weight is 415 g/mol. The number of ether oxygens (including phenoxy) is 1. The van der Waals surface area contributed by atoms with Gasteiger partial charge < -0.3 is 14.7 Å². The molecule has 2 fully saturated rings. The molecular formula is C23H27ClN2O3. The van der Waals surface area contributed by atoms with E-state index in [0.717, 1.165) is 38.2 Å². The Kier molecular flexibility index (Phi) is 5.81. The van der Waals surface area contributed by atoms with Crippen LogP contribution in [0.4, 0.5) is 5.69 Å². The van der Waals surface area contributed by atoms with E-state index in [4.69, 9.17) is 16.3 Å². The second-order valence-corrected chi connectivity index (χ2v) is 8.67. The van der Waals surface area contributed by atoms with Crippen LogP contribution in [-0.2, 0) is 11.3 Å². The number of hydrogen-bond donors (Lipinski definition) is 1. The fourth-order valence-corrected chi connectivity index (χ4v) is 4.41. The molecule has 0 unspecified atom stereocenters. The minimum Gasteiger partial charge on any atom is -0.487 e. The van der Waals surface area contributed by atoms with Crippen LogP contribution < -0.4 is 9.64 Å². The Morgan fingerprint density at radius 3 is 2.66 bits per heavy atom. The number of anilines is 1. The number of carbonyl (C=O) groups excluding carboxylic acids is 1. The molecular weight excluding hydrogens is 388 g/mol. The van der Waals surface area contributed by atoms with Gasteiger partial charge in [-0.2, -0.15) is 0 Å². The van der Waals surface area contributed by atoms with Crippen molar-refractivity contribution in [1.82, 2.24) is 4.90 Å². The zero-order valence-corrected chi connectivity index (χ0v) is 17.4. The number of benzene rings is 2. The van der Waals surface area contributed by atoms with Crippen LogP contribution in [0.5, 0.6) is 5.75 Å². The Labute approximate surface area is 176 Å². The summed E-state index contributed by atoms with van der Waals surface area (Å²) >= 11 is 6.04. The maximum atomic E-state index is 11.9. The third-order valence-electron chi connectivity index (χ3n) is 5.75. The molecule has 5 nitrogen and oxygen atoms in total. The van der Waals surface area contributed by atoms with Gasteiger partial charge in [0.15, 0.2) is 0 Å². The lowest BCUT2D eigenvalue weighted by Gasteiger charge is -2.42. The van der Waals surface area contributed by atoms with Crippen molar-refractivity contribution in [2.75, 3.05) is 24.5 Å². The van der Waals surface area contributed by atoms with Crippen LogP contribution in [0.2, 0.25) is 5.02 Å². The Balaban J connectivity index is 1.36. The number of hydrogen-bond acceptors (Lipinski definition) is 4. The van der Waals surface area contributed by atoms with Gasteiger partial charge in [-0.1, -0.05) is 29.8 Å². The van der Waals surface area contributed by atoms with Crippen LogP contribution in [0.15, 0.2) is 48.5 Å². The van der Waals surface area contributed by atoms with E-state index in [1.807, 2.05) is 36.1 Å². The molecule has 0 bridgehead atoms. The molecule has 0 radical (unpaired) electrons. The number of carbonyl (C=O) groups is 1. The zero-order valence-electron chi connectivity index (χ0n) is 16.7. The molecule has 1 N–H and O–H groups in total. The number of nitrogens with zero attached hydrogens (tertiary/aromatic N) is 2. The van der Waals surface area contributed by atoms with Gasteiger partial charge in [-0.15, -0.1) is 0 Å². The average Bonchev–Trinajstić information content (AvgIpc) is 3.10. The molecule has 4 rings (SSSR count). The summed E-state index contributed by atoms with van der Waals surface area (Å²) in [7, 11) is 0. The largest absolute Gasteiger partial charge is 0.487 e. The first kappa shape index (κ1) is 20.2. The number of halogens is 1. The monoisotopic (exact) mass is 414 g/mol. The number of β-amino-alcohol motifs (C(OH)–C–C–N with tert-alkyl or cyclic N) is 1. The summed E-state index contributed by atoms with van der Waals surface area (Å²) in [6.07, 6.45) is 2.03. The van der Waals surface area contributed by atoms with Crippen LogP contribution >= 0.6 is 11.6 Å². The minimum atomic E-state index is -0.956. The van der Waals surface area contributed by atoms with Crippen molar-refractivity contribution in [2.45, 2.75) is 44.4 Å². The highest BCUT2D eigenvalue weighted by molar-refractivity contribution is 6.30. The SMILES string of the molecule is C[C@]1(O)CN(Cc2ccc(N3CCCC3=O)cc2)CC[C@@H]1Oc1cccc(Cl)c1. The lowest BCUT2D eigenvalue weighted by Crippen LogP contribution is -2.56. The number of piperidine rings is 1. The molecule has 0 saturated carbocycles. The fourth-order valence-electron chi connectivity index (χ4n) is 4.23. The second kappa shape index (κ2) is 8.34. The highest BCUT2D eigenvalue weighted by Crippen LogP contribution is 2.29.